The predicted molar refractivity (Wildman–Crippen MR) is 79.6 cm³/mol. The maximum Gasteiger partial charge on any atom is 0.133 e. The molecule has 100 valence electrons. The summed E-state index contributed by atoms with van der Waals surface area (Å²) in [6, 6.07) is 2.11. The van der Waals surface area contributed by atoms with Crippen molar-refractivity contribution in [2.75, 3.05) is 23.3 Å². The summed E-state index contributed by atoms with van der Waals surface area (Å²) in [4.78, 5) is 11.6. The van der Waals surface area contributed by atoms with Gasteiger partial charge >= 0.3 is 0 Å². The van der Waals surface area contributed by atoms with E-state index in [1.54, 1.807) is 0 Å². The minimum absolute atomic E-state index is 0.393. The van der Waals surface area contributed by atoms with Gasteiger partial charge in [0.05, 0.1) is 0 Å². The highest BCUT2D eigenvalue weighted by molar-refractivity contribution is 9.09. The Morgan fingerprint density at radius 3 is 2.89 bits per heavy atom. The van der Waals surface area contributed by atoms with Crippen LogP contribution in [0.25, 0.3) is 0 Å². The molecule has 1 atom stereocenters. The topological polar surface area (TPSA) is 29.0 Å². The minimum Gasteiger partial charge on any atom is -0.356 e. The van der Waals surface area contributed by atoms with Crippen molar-refractivity contribution in [1.82, 2.24) is 9.97 Å². The van der Waals surface area contributed by atoms with Crippen molar-refractivity contribution in [3.05, 3.63) is 17.6 Å². The number of anilines is 1. The first kappa shape index (κ1) is 13.8. The van der Waals surface area contributed by atoms with E-state index in [9.17, 15) is 0 Å². The molecule has 0 radical (unpaired) electrons. The van der Waals surface area contributed by atoms with Gasteiger partial charge in [0.15, 0.2) is 0 Å². The Kier molecular flexibility index (Phi) is 4.60. The van der Waals surface area contributed by atoms with E-state index in [4.69, 9.17) is 4.98 Å². The summed E-state index contributed by atoms with van der Waals surface area (Å²) in [5.74, 6) is 3.28. The lowest BCUT2D eigenvalue weighted by Crippen LogP contribution is -2.22. The second-order valence-electron chi connectivity index (χ2n) is 5.46. The van der Waals surface area contributed by atoms with Gasteiger partial charge in [0, 0.05) is 36.1 Å². The third-order valence-electron chi connectivity index (χ3n) is 3.50. The molecular weight excluding hydrogens is 290 g/mol. The molecule has 0 aliphatic carbocycles. The Bertz CT molecular complexity index is 406. The lowest BCUT2D eigenvalue weighted by Gasteiger charge is -2.19. The third kappa shape index (κ3) is 3.22. The molecule has 0 saturated carbocycles. The summed E-state index contributed by atoms with van der Waals surface area (Å²) in [5.41, 5.74) is 1.08. The lowest BCUT2D eigenvalue weighted by atomic mass is 10.1. The summed E-state index contributed by atoms with van der Waals surface area (Å²) in [6.45, 7) is 8.63. The molecule has 4 heteroatoms. The molecule has 3 nitrogen and oxygen atoms in total. The van der Waals surface area contributed by atoms with Crippen LogP contribution in [0.5, 0.6) is 0 Å². The van der Waals surface area contributed by atoms with Crippen LogP contribution in [-0.4, -0.2) is 28.4 Å². The molecule has 1 unspecified atom stereocenters. The number of nitrogens with zero attached hydrogens (tertiary/aromatic N) is 3. The van der Waals surface area contributed by atoms with E-state index in [1.165, 1.54) is 12.8 Å². The Labute approximate surface area is 118 Å². The van der Waals surface area contributed by atoms with Crippen molar-refractivity contribution in [1.29, 1.82) is 0 Å². The number of halogens is 1. The maximum atomic E-state index is 4.71. The summed E-state index contributed by atoms with van der Waals surface area (Å²) >= 11 is 3.53. The molecule has 18 heavy (non-hydrogen) atoms. The van der Waals surface area contributed by atoms with Crippen molar-refractivity contribution in [3.8, 4) is 0 Å². The second-order valence-corrected chi connectivity index (χ2v) is 6.25. The second kappa shape index (κ2) is 6.00. The van der Waals surface area contributed by atoms with Gasteiger partial charge in [-0.25, -0.2) is 9.97 Å². The number of rotatable bonds is 4. The Balaban J connectivity index is 2.14. The normalized spacial score (nSPS) is 19.8. The minimum atomic E-state index is 0.393. The van der Waals surface area contributed by atoms with Crippen LogP contribution in [0.1, 0.15) is 44.1 Å². The Morgan fingerprint density at radius 1 is 1.44 bits per heavy atom. The summed E-state index contributed by atoms with van der Waals surface area (Å²) in [5, 5.41) is 1.10. The van der Waals surface area contributed by atoms with E-state index in [2.05, 4.69) is 52.7 Å². The van der Waals surface area contributed by atoms with E-state index >= 15 is 0 Å². The largest absolute Gasteiger partial charge is 0.356 e. The van der Waals surface area contributed by atoms with E-state index in [-0.39, 0.29) is 0 Å². The standard InChI is InChI=1S/C14H22BrN3/c1-10(2)14-16-11(3)8-13(17-14)18-7-5-12(9-18)4-6-15/h8,10,12H,4-7,9H2,1-3H3. The number of aryl methyl sites for hydroxylation is 1. The van der Waals surface area contributed by atoms with Crippen molar-refractivity contribution in [2.45, 2.75) is 39.5 Å². The fourth-order valence-corrected chi connectivity index (χ4v) is 3.07. The average molecular weight is 312 g/mol. The van der Waals surface area contributed by atoms with Gasteiger partial charge in [-0.05, 0) is 25.7 Å². The number of alkyl halides is 1. The summed E-state index contributed by atoms with van der Waals surface area (Å²) in [6.07, 6.45) is 2.54. The predicted octanol–water partition coefficient (Wildman–Crippen LogP) is 3.52. The van der Waals surface area contributed by atoms with E-state index in [0.29, 0.717) is 5.92 Å². The molecule has 0 N–H and O–H groups in total. The molecule has 0 bridgehead atoms. The van der Waals surface area contributed by atoms with Crippen LogP contribution in [0.15, 0.2) is 6.07 Å². The van der Waals surface area contributed by atoms with Crippen molar-refractivity contribution >= 4 is 21.7 Å². The van der Waals surface area contributed by atoms with E-state index in [1.807, 2.05) is 0 Å². The fraction of sp³-hybridized carbons (Fsp3) is 0.714. The van der Waals surface area contributed by atoms with Gasteiger partial charge in [-0.3, -0.25) is 0 Å². The SMILES string of the molecule is Cc1cc(N2CCC(CCBr)C2)nc(C(C)C)n1. The zero-order valence-corrected chi connectivity index (χ0v) is 13.1. The van der Waals surface area contributed by atoms with Crippen LogP contribution in [0, 0.1) is 12.8 Å². The zero-order valence-electron chi connectivity index (χ0n) is 11.5. The number of aromatic nitrogens is 2. The first-order valence-corrected chi connectivity index (χ1v) is 7.88. The molecule has 0 aromatic carbocycles. The Morgan fingerprint density at radius 2 is 2.22 bits per heavy atom. The van der Waals surface area contributed by atoms with Crippen molar-refractivity contribution < 1.29 is 0 Å². The highest BCUT2D eigenvalue weighted by atomic mass is 79.9. The van der Waals surface area contributed by atoms with Crippen molar-refractivity contribution in [2.24, 2.45) is 5.92 Å². The summed E-state index contributed by atoms with van der Waals surface area (Å²) < 4.78 is 0. The van der Waals surface area contributed by atoms with Crippen LogP contribution >= 0.6 is 15.9 Å². The lowest BCUT2D eigenvalue weighted by molar-refractivity contribution is 0.575. The highest BCUT2D eigenvalue weighted by Gasteiger charge is 2.23. The van der Waals surface area contributed by atoms with Gasteiger partial charge < -0.3 is 4.90 Å². The molecule has 2 rings (SSSR count). The Hall–Kier alpha value is -0.640. The molecule has 1 aromatic rings. The highest BCUT2D eigenvalue weighted by Crippen LogP contribution is 2.26. The molecule has 1 saturated heterocycles. The monoisotopic (exact) mass is 311 g/mol. The molecule has 0 amide bonds. The maximum absolute atomic E-state index is 4.71. The van der Waals surface area contributed by atoms with Gasteiger partial charge in [-0.2, -0.15) is 0 Å². The average Bonchev–Trinajstić information content (AvgIpc) is 2.77. The molecule has 2 heterocycles. The van der Waals surface area contributed by atoms with Gasteiger partial charge in [0.2, 0.25) is 0 Å². The van der Waals surface area contributed by atoms with Crippen LogP contribution in [-0.2, 0) is 0 Å². The first-order valence-electron chi connectivity index (χ1n) is 6.76. The molecule has 1 fully saturated rings. The molecule has 1 aliphatic heterocycles. The van der Waals surface area contributed by atoms with Gasteiger partial charge in [0.25, 0.3) is 0 Å². The van der Waals surface area contributed by atoms with Crippen LogP contribution < -0.4 is 4.90 Å². The smallest absolute Gasteiger partial charge is 0.133 e. The first-order chi connectivity index (χ1) is 8.60. The quantitative estimate of drug-likeness (QED) is 0.797. The van der Waals surface area contributed by atoms with E-state index < -0.39 is 0 Å². The fourth-order valence-electron chi connectivity index (χ4n) is 2.43. The molecule has 1 aromatic heterocycles. The van der Waals surface area contributed by atoms with Crippen LogP contribution in [0.2, 0.25) is 0 Å². The summed E-state index contributed by atoms with van der Waals surface area (Å²) in [7, 11) is 0. The van der Waals surface area contributed by atoms with Crippen LogP contribution in [0.3, 0.4) is 0 Å². The third-order valence-corrected chi connectivity index (χ3v) is 3.96. The zero-order chi connectivity index (χ0) is 13.1. The molecule has 1 aliphatic rings. The molecular formula is C14H22BrN3. The number of hydrogen-bond donors (Lipinski definition) is 0. The molecule has 0 spiro atoms. The van der Waals surface area contributed by atoms with Crippen molar-refractivity contribution in [3.63, 3.8) is 0 Å². The van der Waals surface area contributed by atoms with Crippen LogP contribution in [0.4, 0.5) is 5.82 Å². The van der Waals surface area contributed by atoms with Gasteiger partial charge in [-0.15, -0.1) is 0 Å². The number of hydrogen-bond acceptors (Lipinski definition) is 3. The van der Waals surface area contributed by atoms with Gasteiger partial charge in [-0.1, -0.05) is 29.8 Å². The van der Waals surface area contributed by atoms with E-state index in [0.717, 1.165) is 41.7 Å². The van der Waals surface area contributed by atoms with Gasteiger partial charge in [0.1, 0.15) is 11.6 Å².